The van der Waals surface area contributed by atoms with E-state index in [2.05, 4.69) is 87.5 Å². The molecule has 0 radical (unpaired) electrons. The lowest BCUT2D eigenvalue weighted by atomic mass is 10.1. The van der Waals surface area contributed by atoms with Gasteiger partial charge in [0.25, 0.3) is 8.32 Å². The first kappa shape index (κ1) is 20.6. The van der Waals surface area contributed by atoms with Crippen molar-refractivity contribution in [3.8, 4) is 0 Å². The fraction of sp³-hybridized carbons (Fsp3) is 0.360. The summed E-state index contributed by atoms with van der Waals surface area (Å²) in [5, 5.41) is 2.76. The van der Waals surface area contributed by atoms with Crippen molar-refractivity contribution in [3.05, 3.63) is 84.8 Å². The quantitative estimate of drug-likeness (QED) is 0.351. The molecule has 0 N–H and O–H groups in total. The van der Waals surface area contributed by atoms with Crippen LogP contribution in [0.4, 0.5) is 0 Å². The third kappa shape index (κ3) is 4.65. The van der Waals surface area contributed by atoms with Crippen LogP contribution in [-0.4, -0.2) is 14.9 Å². The second-order valence-corrected chi connectivity index (χ2v) is 12.8. The summed E-state index contributed by atoms with van der Waals surface area (Å²) in [6, 6.07) is 23.8. The SMILES string of the molecule is CC(C)(C)[Si](OCCCCCc1ccoc1)(c1ccccc1)c1ccccc1. The predicted octanol–water partition coefficient (Wildman–Crippen LogP) is 5.57. The zero-order valence-electron chi connectivity index (χ0n) is 17.4. The van der Waals surface area contributed by atoms with Gasteiger partial charge >= 0.3 is 0 Å². The van der Waals surface area contributed by atoms with Crippen LogP contribution in [0, 0.1) is 0 Å². The molecule has 3 heteroatoms. The lowest BCUT2D eigenvalue weighted by Gasteiger charge is -2.43. The van der Waals surface area contributed by atoms with Crippen molar-refractivity contribution in [2.75, 3.05) is 6.61 Å². The molecule has 148 valence electrons. The van der Waals surface area contributed by atoms with E-state index in [1.165, 1.54) is 28.8 Å². The predicted molar refractivity (Wildman–Crippen MR) is 120 cm³/mol. The summed E-state index contributed by atoms with van der Waals surface area (Å²) in [5.74, 6) is 0. The molecule has 0 atom stereocenters. The van der Waals surface area contributed by atoms with E-state index in [0.29, 0.717) is 0 Å². The van der Waals surface area contributed by atoms with Gasteiger partial charge < -0.3 is 8.84 Å². The molecule has 1 aromatic heterocycles. The third-order valence-electron chi connectivity index (χ3n) is 5.43. The summed E-state index contributed by atoms with van der Waals surface area (Å²) < 4.78 is 12.1. The number of hydrogen-bond donors (Lipinski definition) is 0. The lowest BCUT2D eigenvalue weighted by molar-refractivity contribution is 0.287. The summed E-state index contributed by atoms with van der Waals surface area (Å²) in [6.45, 7) is 7.80. The van der Waals surface area contributed by atoms with E-state index in [9.17, 15) is 0 Å². The number of rotatable bonds is 9. The molecule has 0 bridgehead atoms. The molecule has 3 rings (SSSR count). The molecule has 2 aromatic carbocycles. The number of aryl methyl sites for hydroxylation is 1. The minimum absolute atomic E-state index is 0.0481. The fourth-order valence-corrected chi connectivity index (χ4v) is 8.64. The van der Waals surface area contributed by atoms with Gasteiger partial charge in [0.05, 0.1) is 12.5 Å². The van der Waals surface area contributed by atoms with Crippen LogP contribution in [0.3, 0.4) is 0 Å². The van der Waals surface area contributed by atoms with Crippen molar-refractivity contribution in [3.63, 3.8) is 0 Å². The number of benzene rings is 2. The Bertz CT molecular complexity index is 765. The largest absolute Gasteiger partial charge is 0.472 e. The molecule has 0 saturated heterocycles. The lowest BCUT2D eigenvalue weighted by Crippen LogP contribution is -2.66. The van der Waals surface area contributed by atoms with Crippen molar-refractivity contribution in [2.24, 2.45) is 0 Å². The molecule has 1 heterocycles. The van der Waals surface area contributed by atoms with Crippen molar-refractivity contribution in [1.29, 1.82) is 0 Å². The smallest absolute Gasteiger partial charge is 0.261 e. The van der Waals surface area contributed by atoms with E-state index in [4.69, 9.17) is 8.84 Å². The van der Waals surface area contributed by atoms with Gasteiger partial charge in [-0.15, -0.1) is 0 Å². The number of hydrogen-bond acceptors (Lipinski definition) is 2. The number of furan rings is 1. The van der Waals surface area contributed by atoms with Gasteiger partial charge in [0.1, 0.15) is 0 Å². The molecule has 0 aliphatic heterocycles. The Kier molecular flexibility index (Phi) is 6.92. The van der Waals surface area contributed by atoms with Gasteiger partial charge in [-0.25, -0.2) is 0 Å². The van der Waals surface area contributed by atoms with Gasteiger partial charge in [0.15, 0.2) is 0 Å². The van der Waals surface area contributed by atoms with Crippen molar-refractivity contribution in [2.45, 2.75) is 51.5 Å². The first-order chi connectivity index (χ1) is 13.5. The normalized spacial score (nSPS) is 12.2. The van der Waals surface area contributed by atoms with E-state index in [-0.39, 0.29) is 5.04 Å². The van der Waals surface area contributed by atoms with Crippen molar-refractivity contribution < 1.29 is 8.84 Å². The van der Waals surface area contributed by atoms with Crippen LogP contribution in [0.15, 0.2) is 83.7 Å². The van der Waals surface area contributed by atoms with Crippen LogP contribution < -0.4 is 10.4 Å². The Balaban J connectivity index is 1.74. The Morgan fingerprint density at radius 2 is 1.39 bits per heavy atom. The monoisotopic (exact) mass is 392 g/mol. The molecule has 0 spiro atoms. The molecular weight excluding hydrogens is 360 g/mol. The molecule has 0 aliphatic rings. The summed E-state index contributed by atoms with van der Waals surface area (Å²) >= 11 is 0. The Hall–Kier alpha value is -2.10. The Labute approximate surface area is 170 Å². The molecule has 3 aromatic rings. The van der Waals surface area contributed by atoms with Crippen LogP contribution in [0.2, 0.25) is 5.04 Å². The minimum atomic E-state index is -2.38. The Morgan fingerprint density at radius 1 is 0.786 bits per heavy atom. The van der Waals surface area contributed by atoms with Crippen molar-refractivity contribution >= 4 is 18.7 Å². The second-order valence-electron chi connectivity index (χ2n) is 8.45. The van der Waals surface area contributed by atoms with Gasteiger partial charge in [0, 0.05) is 6.61 Å². The zero-order chi connectivity index (χ0) is 19.9. The molecule has 0 aliphatic carbocycles. The average Bonchev–Trinajstić information content (AvgIpc) is 3.21. The summed E-state index contributed by atoms with van der Waals surface area (Å²) in [7, 11) is -2.38. The average molecular weight is 393 g/mol. The van der Waals surface area contributed by atoms with Gasteiger partial charge in [-0.2, -0.15) is 0 Å². The van der Waals surface area contributed by atoms with Crippen molar-refractivity contribution in [1.82, 2.24) is 0 Å². The maximum Gasteiger partial charge on any atom is 0.261 e. The third-order valence-corrected chi connectivity index (χ3v) is 10.5. The maximum absolute atomic E-state index is 6.92. The summed E-state index contributed by atoms with van der Waals surface area (Å²) in [4.78, 5) is 0. The van der Waals surface area contributed by atoms with Crippen LogP contribution in [0.25, 0.3) is 0 Å². The van der Waals surface area contributed by atoms with Gasteiger partial charge in [-0.05, 0) is 46.3 Å². The molecular formula is C25H32O2Si. The van der Waals surface area contributed by atoms with E-state index >= 15 is 0 Å². The van der Waals surface area contributed by atoms with E-state index in [0.717, 1.165) is 19.4 Å². The van der Waals surface area contributed by atoms with Gasteiger partial charge in [-0.3, -0.25) is 0 Å². The highest BCUT2D eigenvalue weighted by Gasteiger charge is 2.49. The molecule has 0 amide bonds. The highest BCUT2D eigenvalue weighted by atomic mass is 28.4. The minimum Gasteiger partial charge on any atom is -0.472 e. The number of unbranched alkanes of at least 4 members (excludes halogenated alkanes) is 2. The zero-order valence-corrected chi connectivity index (χ0v) is 18.4. The molecule has 0 fully saturated rings. The van der Waals surface area contributed by atoms with Crippen LogP contribution in [0.5, 0.6) is 0 Å². The van der Waals surface area contributed by atoms with Gasteiger partial charge in [0.2, 0.25) is 0 Å². The highest BCUT2D eigenvalue weighted by molar-refractivity contribution is 6.99. The first-order valence-corrected chi connectivity index (χ1v) is 12.2. The van der Waals surface area contributed by atoms with E-state index < -0.39 is 8.32 Å². The fourth-order valence-electron chi connectivity index (χ4n) is 4.03. The second kappa shape index (κ2) is 9.40. The van der Waals surface area contributed by atoms with Crippen LogP contribution in [0.1, 0.15) is 45.6 Å². The van der Waals surface area contributed by atoms with Crippen LogP contribution >= 0.6 is 0 Å². The van der Waals surface area contributed by atoms with E-state index in [1.54, 1.807) is 6.26 Å². The summed E-state index contributed by atoms with van der Waals surface area (Å²) in [6.07, 6.45) is 8.10. The van der Waals surface area contributed by atoms with E-state index in [1.807, 2.05) is 6.26 Å². The molecule has 0 unspecified atom stereocenters. The molecule has 2 nitrogen and oxygen atoms in total. The van der Waals surface area contributed by atoms with Crippen LogP contribution in [-0.2, 0) is 10.8 Å². The first-order valence-electron chi connectivity index (χ1n) is 10.3. The highest BCUT2D eigenvalue weighted by Crippen LogP contribution is 2.36. The molecule has 28 heavy (non-hydrogen) atoms. The van der Waals surface area contributed by atoms with Gasteiger partial charge in [-0.1, -0.05) is 87.9 Å². The maximum atomic E-state index is 6.92. The molecule has 0 saturated carbocycles. The topological polar surface area (TPSA) is 22.4 Å². The summed E-state index contributed by atoms with van der Waals surface area (Å²) in [5.41, 5.74) is 1.29. The standard InChI is InChI=1S/C25H32O2Si/c1-25(2,3)28(23-14-8-4-9-15-23,24-16-10-5-11-17-24)27-19-12-6-7-13-22-18-20-26-21-22/h4-5,8-11,14-18,20-21H,6-7,12-13,19H2,1-3H3. The Morgan fingerprint density at radius 3 is 1.89 bits per heavy atom.